The molecule has 1 saturated heterocycles. The van der Waals surface area contributed by atoms with Crippen molar-refractivity contribution in [1.29, 1.82) is 0 Å². The first-order chi connectivity index (χ1) is 20.5. The summed E-state index contributed by atoms with van der Waals surface area (Å²) in [6, 6.07) is 0. The van der Waals surface area contributed by atoms with Crippen LogP contribution in [0.15, 0.2) is 12.7 Å². The van der Waals surface area contributed by atoms with Crippen molar-refractivity contribution in [3.05, 3.63) is 12.7 Å². The molecule has 0 radical (unpaired) electrons. The van der Waals surface area contributed by atoms with Crippen LogP contribution < -0.4 is 63.9 Å². The summed E-state index contributed by atoms with van der Waals surface area (Å²) in [5.74, 6) is -0.830. The zero-order valence-corrected chi connectivity index (χ0v) is 28.1. The number of phosphoric ester groups is 2. The average molecular weight is 699 g/mol. The van der Waals surface area contributed by atoms with Crippen LogP contribution in [0.25, 0.3) is 11.2 Å². The number of thiol groups is 1. The molecule has 3 heterocycles. The number of nitrogens with two attached hydrogens (primary N) is 1. The first-order valence-electron chi connectivity index (χ1n) is 12.9. The Hall–Kier alpha value is -1.07. The van der Waals surface area contributed by atoms with Crippen LogP contribution in [0.4, 0.5) is 5.82 Å². The standard InChI is InChI=1S/C21H35N7O13P2S.2Li/c1-21(2,16(32)19(33)24-4-3-12(29)23-5-6-44)8-39-43(36,37)41-42(34,35)38-7-11-14(30)15(31)20(40-11)28-10-27-13-17(22)25-9-26-18(13)28;;/h9-11,14-16,20,30-32,44H,3-8H2,1-2H3,(H,23,29)(H,24,33)(H,34,35)(H,36,37)(H2,22,25,26);;/q;2*+1/p-2. The van der Waals surface area contributed by atoms with Gasteiger partial charge in [-0.2, -0.15) is 12.6 Å². The second kappa shape index (κ2) is 18.1. The number of amides is 2. The van der Waals surface area contributed by atoms with Gasteiger partial charge in [0.05, 0.1) is 19.5 Å². The SMILES string of the molecule is CC(C)(COP(=O)([O-])OP(=O)([O-])OCC1OC(n2cnc3c(N)ncnc32)C(O)C1O)C(O)C(=O)NCCC(=O)NCCS.[Li+].[Li+]. The van der Waals surface area contributed by atoms with Crippen LogP contribution in [0.1, 0.15) is 26.5 Å². The zero-order chi connectivity index (χ0) is 32.9. The van der Waals surface area contributed by atoms with Gasteiger partial charge in [-0.15, -0.1) is 0 Å². The Morgan fingerprint density at radius 2 is 1.78 bits per heavy atom. The van der Waals surface area contributed by atoms with Gasteiger partial charge in [0, 0.05) is 30.7 Å². The molecule has 2 aromatic rings. The minimum absolute atomic E-state index is 0. The molecule has 7 N–H and O–H groups in total. The maximum Gasteiger partial charge on any atom is 1.00 e. The summed E-state index contributed by atoms with van der Waals surface area (Å²) in [4.78, 5) is 60.1. The summed E-state index contributed by atoms with van der Waals surface area (Å²) < 4.78 is 44.4. The molecule has 1 fully saturated rings. The number of ether oxygens (including phenoxy) is 1. The van der Waals surface area contributed by atoms with Crippen LogP contribution in [-0.2, 0) is 36.8 Å². The van der Waals surface area contributed by atoms with E-state index < -0.39 is 70.8 Å². The number of phosphoric acid groups is 2. The number of hydrogen-bond acceptors (Lipinski definition) is 18. The van der Waals surface area contributed by atoms with Gasteiger partial charge in [0.25, 0.3) is 15.6 Å². The summed E-state index contributed by atoms with van der Waals surface area (Å²) in [6.07, 6.45) is -5.66. The van der Waals surface area contributed by atoms with Crippen molar-refractivity contribution >= 4 is 57.1 Å². The van der Waals surface area contributed by atoms with Crippen LogP contribution >= 0.6 is 28.3 Å². The van der Waals surface area contributed by atoms with E-state index >= 15 is 0 Å². The van der Waals surface area contributed by atoms with Crippen molar-refractivity contribution in [2.45, 2.75) is 50.9 Å². The number of fused-ring (bicyclic) bond motifs is 1. The Balaban J connectivity index is 0.00000529. The second-order valence-corrected chi connectivity index (χ2v) is 13.6. The van der Waals surface area contributed by atoms with Crippen LogP contribution in [0.3, 0.4) is 0 Å². The molecule has 1 aliphatic rings. The molecule has 0 aromatic carbocycles. The fraction of sp³-hybridized carbons (Fsp3) is 0.667. The van der Waals surface area contributed by atoms with Gasteiger partial charge in [0.2, 0.25) is 11.8 Å². The van der Waals surface area contributed by atoms with E-state index in [2.05, 4.69) is 51.6 Å². The Morgan fingerprint density at radius 1 is 1.13 bits per heavy atom. The van der Waals surface area contributed by atoms with Crippen molar-refractivity contribution in [3.63, 3.8) is 0 Å². The molecule has 0 saturated carbocycles. The number of nitrogen functional groups attached to an aromatic ring is 1. The number of aliphatic hydroxyl groups excluding tert-OH is 3. The van der Waals surface area contributed by atoms with Crippen molar-refractivity contribution in [2.75, 3.05) is 37.8 Å². The molecular formula is C21H33Li2N7O13P2S. The van der Waals surface area contributed by atoms with E-state index in [0.29, 0.717) is 12.3 Å². The largest absolute Gasteiger partial charge is 1.00 e. The molecule has 0 spiro atoms. The van der Waals surface area contributed by atoms with Crippen molar-refractivity contribution < 1.29 is 99.6 Å². The second-order valence-electron chi connectivity index (χ2n) is 10.2. The molecule has 2 aromatic heterocycles. The van der Waals surface area contributed by atoms with E-state index in [0.717, 1.165) is 6.33 Å². The Morgan fingerprint density at radius 3 is 2.43 bits per heavy atom. The minimum atomic E-state index is -5.66. The third kappa shape index (κ3) is 11.5. The van der Waals surface area contributed by atoms with E-state index in [1.54, 1.807) is 0 Å². The van der Waals surface area contributed by atoms with Gasteiger partial charge < -0.3 is 55.3 Å². The molecule has 2 amide bonds. The normalized spacial score (nSPS) is 23.0. The molecule has 46 heavy (non-hydrogen) atoms. The number of carbonyl (C=O) groups excluding carboxylic acids is 2. The minimum Gasteiger partial charge on any atom is -0.756 e. The van der Waals surface area contributed by atoms with Gasteiger partial charge >= 0.3 is 37.7 Å². The number of nitrogens with zero attached hydrogens (tertiary/aromatic N) is 4. The summed E-state index contributed by atoms with van der Waals surface area (Å²) >= 11 is 3.95. The number of carbonyl (C=O) groups is 2. The summed E-state index contributed by atoms with van der Waals surface area (Å²) in [5, 5.41) is 36.0. The average Bonchev–Trinajstić information content (AvgIpc) is 3.50. The van der Waals surface area contributed by atoms with E-state index in [1.165, 1.54) is 24.7 Å². The maximum absolute atomic E-state index is 12.3. The topological polar surface area (TPSA) is 306 Å². The molecule has 1 aliphatic heterocycles. The molecule has 3 rings (SSSR count). The van der Waals surface area contributed by atoms with E-state index in [1.807, 2.05) is 0 Å². The molecule has 25 heteroatoms. The molecule has 7 atom stereocenters. The number of nitrogens with one attached hydrogen (secondary N) is 2. The van der Waals surface area contributed by atoms with Crippen LogP contribution in [0, 0.1) is 5.41 Å². The van der Waals surface area contributed by atoms with Crippen LogP contribution in [0.2, 0.25) is 0 Å². The Bertz CT molecular complexity index is 1430. The number of rotatable bonds is 16. The van der Waals surface area contributed by atoms with Gasteiger partial charge in [-0.05, 0) is 0 Å². The van der Waals surface area contributed by atoms with Gasteiger partial charge in [-0.3, -0.25) is 23.3 Å². The van der Waals surface area contributed by atoms with E-state index in [-0.39, 0.29) is 73.6 Å². The van der Waals surface area contributed by atoms with Gasteiger partial charge in [-0.1, -0.05) is 13.8 Å². The zero-order valence-electron chi connectivity index (χ0n) is 25.4. The monoisotopic (exact) mass is 699 g/mol. The van der Waals surface area contributed by atoms with Crippen molar-refractivity contribution in [2.24, 2.45) is 5.41 Å². The number of anilines is 1. The molecule has 7 unspecified atom stereocenters. The van der Waals surface area contributed by atoms with E-state index in [4.69, 9.17) is 10.5 Å². The van der Waals surface area contributed by atoms with Gasteiger partial charge in [0.1, 0.15) is 36.3 Å². The van der Waals surface area contributed by atoms with Gasteiger partial charge in [-0.25, -0.2) is 19.3 Å². The van der Waals surface area contributed by atoms with Crippen LogP contribution in [0.5, 0.6) is 0 Å². The molecule has 20 nitrogen and oxygen atoms in total. The molecule has 0 aliphatic carbocycles. The van der Waals surface area contributed by atoms with E-state index in [9.17, 15) is 43.8 Å². The third-order valence-electron chi connectivity index (χ3n) is 6.26. The maximum atomic E-state index is 12.3. The summed E-state index contributed by atoms with van der Waals surface area (Å²) in [6.45, 7) is 0.858. The van der Waals surface area contributed by atoms with Crippen molar-refractivity contribution in [1.82, 2.24) is 30.2 Å². The number of hydrogen-bond donors (Lipinski definition) is 7. The number of aromatic nitrogens is 4. The number of imidazole rings is 1. The first kappa shape index (κ1) is 43.0. The molecule has 248 valence electrons. The van der Waals surface area contributed by atoms with Crippen LogP contribution in [-0.4, -0.2) is 103 Å². The predicted molar refractivity (Wildman–Crippen MR) is 148 cm³/mol. The quantitative estimate of drug-likeness (QED) is 0.0486. The van der Waals surface area contributed by atoms with Gasteiger partial charge in [0.15, 0.2) is 17.7 Å². The number of aliphatic hydroxyl groups is 3. The third-order valence-corrected chi connectivity index (χ3v) is 9.00. The summed E-state index contributed by atoms with van der Waals surface area (Å²) in [7, 11) is -11.3. The molecule has 0 bridgehead atoms. The predicted octanol–water partition coefficient (Wildman–Crippen LogP) is -9.04. The Labute approximate surface area is 292 Å². The van der Waals surface area contributed by atoms with Crippen molar-refractivity contribution in [3.8, 4) is 0 Å². The smallest absolute Gasteiger partial charge is 0.756 e. The molecular weight excluding hydrogens is 666 g/mol. The fourth-order valence-electron chi connectivity index (χ4n) is 3.85. The fourth-order valence-corrected chi connectivity index (χ4v) is 6.14. The Kier molecular flexibility index (Phi) is 16.9. The summed E-state index contributed by atoms with van der Waals surface area (Å²) in [5.41, 5.74) is 4.49. The first-order valence-corrected chi connectivity index (χ1v) is 16.4.